The topological polar surface area (TPSA) is 302 Å². The average Bonchev–Trinajstić information content (AvgIpc) is 3.55. The van der Waals surface area contributed by atoms with Crippen LogP contribution in [-0.2, 0) is 19.1 Å². The number of likely N-dealkylation sites (tertiary alicyclic amines) is 2. The van der Waals surface area contributed by atoms with E-state index >= 15 is 0 Å². The van der Waals surface area contributed by atoms with Crippen molar-refractivity contribution >= 4 is 35.5 Å². The molecule has 43 heavy (non-hydrogen) atoms. The fourth-order valence-electron chi connectivity index (χ4n) is 5.87. The Kier molecular flexibility index (Phi) is 16.6. The molecule has 0 radical (unpaired) electrons. The first kappa shape index (κ1) is 40.5. The molecular weight excluding hydrogens is 590 g/mol. The number of thioether (sulfide) groups is 1. The number of aliphatic hydroxyl groups excluding tert-OH is 2. The van der Waals surface area contributed by atoms with E-state index in [0.717, 1.165) is 6.42 Å². The molecule has 18 heteroatoms. The molecule has 250 valence electrons. The van der Waals surface area contributed by atoms with Crippen LogP contribution in [0.2, 0.25) is 0 Å². The number of carbonyl (C=O) groups is 3. The number of hydrogen-bond acceptors (Lipinski definition) is 10. The van der Waals surface area contributed by atoms with Crippen molar-refractivity contribution in [3.8, 4) is 0 Å². The molecule has 4 aliphatic heterocycles. The van der Waals surface area contributed by atoms with Gasteiger partial charge in [-0.15, -0.1) is 11.8 Å². The number of carboxylic acids is 1. The maximum absolute atomic E-state index is 13.3. The van der Waals surface area contributed by atoms with Gasteiger partial charge in [-0.2, -0.15) is 0 Å². The molecule has 0 bridgehead atoms. The molecular formula is C25H49N7O10S. The molecule has 17 nitrogen and oxygen atoms in total. The van der Waals surface area contributed by atoms with Crippen molar-refractivity contribution in [3.63, 3.8) is 0 Å². The van der Waals surface area contributed by atoms with Gasteiger partial charge in [-0.1, -0.05) is 6.92 Å². The lowest BCUT2D eigenvalue weighted by Gasteiger charge is -2.46. The number of carboxylic acid groups (broad SMARTS) is 1. The van der Waals surface area contributed by atoms with E-state index in [-0.39, 0.29) is 89.3 Å². The highest BCUT2D eigenvalue weighted by Gasteiger charge is 2.60. The summed E-state index contributed by atoms with van der Waals surface area (Å²) in [5.41, 5.74) is 10.5. The second-order valence-corrected chi connectivity index (χ2v) is 11.9. The number of guanidine groups is 1. The van der Waals surface area contributed by atoms with Crippen LogP contribution in [0.1, 0.15) is 33.6 Å². The van der Waals surface area contributed by atoms with Crippen molar-refractivity contribution < 1.29 is 50.9 Å². The van der Waals surface area contributed by atoms with E-state index in [2.05, 4.69) is 10.3 Å². The molecule has 14 N–H and O–H groups in total. The van der Waals surface area contributed by atoms with Gasteiger partial charge in [0.2, 0.25) is 11.8 Å². The van der Waals surface area contributed by atoms with Gasteiger partial charge in [-0.3, -0.25) is 19.8 Å². The minimum atomic E-state index is -1.13. The summed E-state index contributed by atoms with van der Waals surface area (Å²) in [6.07, 6.45) is 0.574. The summed E-state index contributed by atoms with van der Waals surface area (Å²) in [6.45, 7) is 7.63. The third-order valence-electron chi connectivity index (χ3n) is 7.71. The molecule has 3 fully saturated rings. The molecule has 0 aromatic rings. The predicted molar refractivity (Wildman–Crippen MR) is 160 cm³/mol. The van der Waals surface area contributed by atoms with Crippen LogP contribution in [-0.4, -0.2) is 146 Å². The number of nitrogens with zero attached hydrogens (tertiary/aromatic N) is 4. The van der Waals surface area contributed by atoms with E-state index in [1.165, 1.54) is 16.7 Å². The maximum atomic E-state index is 13.3. The normalized spacial score (nSPS) is 28.4. The van der Waals surface area contributed by atoms with E-state index in [9.17, 15) is 24.6 Å². The largest absolute Gasteiger partial charge is 0.477 e. The first-order valence-electron chi connectivity index (χ1n) is 13.5. The minimum Gasteiger partial charge on any atom is -0.477 e. The van der Waals surface area contributed by atoms with Gasteiger partial charge in [-0.25, -0.2) is 9.79 Å². The SMILES string of the molecule is CCO.C[C@@H](O)[C@H]1C(=O)N2C(C(=O)O)=C(S[C@H]3C[C@@H](C(=O)N4CC[C@H](NCOCN=C(N)N)C4)N(C)C3)[C@H](C)[C@H]12.O.O.O. The smallest absolute Gasteiger partial charge is 0.353 e. The fraction of sp³-hybridized carbons (Fsp3) is 0.760. The molecule has 3 saturated heterocycles. The Hall–Kier alpha value is -2.55. The number of nitrogens with one attached hydrogen (secondary N) is 1. The van der Waals surface area contributed by atoms with Crippen LogP contribution < -0.4 is 16.8 Å². The van der Waals surface area contributed by atoms with Crippen LogP contribution in [0.25, 0.3) is 0 Å². The molecule has 0 saturated carbocycles. The van der Waals surface area contributed by atoms with Crippen LogP contribution in [0.4, 0.5) is 0 Å². The van der Waals surface area contributed by atoms with Crippen molar-refractivity contribution in [1.82, 2.24) is 20.0 Å². The van der Waals surface area contributed by atoms with Crippen molar-refractivity contribution in [2.24, 2.45) is 28.3 Å². The van der Waals surface area contributed by atoms with Gasteiger partial charge in [0.25, 0.3) is 0 Å². The molecule has 0 unspecified atom stereocenters. The lowest BCUT2D eigenvalue weighted by atomic mass is 9.79. The molecule has 2 amide bonds. The van der Waals surface area contributed by atoms with E-state index in [4.69, 9.17) is 21.3 Å². The standard InChI is InChI=1S/C23H37N7O6S.C2H6O.3H2O/c1-11-17-16(12(2)31)21(33)30(17)18(22(34)35)19(11)37-14-6-15(28(3)8-14)20(32)29-5-4-13(7-29)26-9-36-10-27-23(24)25;1-2-3;;;/h11-17,26,31H,4-10H2,1-3H3,(H,34,35)(H4,24,25,27);3H,2H2,1H3;3*1H2/t11-,12-,13+,14+,15+,16-,17-;;;;/m1..../s1. The van der Waals surface area contributed by atoms with Crippen LogP contribution in [0.5, 0.6) is 0 Å². The zero-order valence-corrected chi connectivity index (χ0v) is 25.8. The second-order valence-electron chi connectivity index (χ2n) is 10.6. The zero-order valence-electron chi connectivity index (χ0n) is 25.0. The van der Waals surface area contributed by atoms with Crippen molar-refractivity contribution in [1.29, 1.82) is 0 Å². The van der Waals surface area contributed by atoms with Gasteiger partial charge in [0, 0.05) is 48.4 Å². The Morgan fingerprint density at radius 1 is 1.23 bits per heavy atom. The molecule has 4 heterocycles. The summed E-state index contributed by atoms with van der Waals surface area (Å²) in [7, 11) is 1.91. The molecule has 4 rings (SSSR count). The molecule has 0 aromatic heterocycles. The van der Waals surface area contributed by atoms with Crippen LogP contribution in [0, 0.1) is 11.8 Å². The van der Waals surface area contributed by atoms with Gasteiger partial charge in [0.05, 0.1) is 30.8 Å². The van der Waals surface area contributed by atoms with Gasteiger partial charge in [0.1, 0.15) is 12.4 Å². The Morgan fingerprint density at radius 2 is 1.86 bits per heavy atom. The van der Waals surface area contributed by atoms with Crippen LogP contribution in [0.3, 0.4) is 0 Å². The van der Waals surface area contributed by atoms with Crippen molar-refractivity contribution in [2.75, 3.05) is 46.8 Å². The summed E-state index contributed by atoms with van der Waals surface area (Å²) in [6, 6.07) is -0.509. The van der Waals surface area contributed by atoms with Gasteiger partial charge >= 0.3 is 5.97 Å². The molecule has 4 aliphatic rings. The first-order valence-corrected chi connectivity index (χ1v) is 14.4. The highest BCUT2D eigenvalue weighted by molar-refractivity contribution is 8.03. The van der Waals surface area contributed by atoms with E-state index in [1.54, 1.807) is 13.8 Å². The number of aliphatic carboxylic acids is 1. The third kappa shape index (κ3) is 8.99. The predicted octanol–water partition coefficient (Wildman–Crippen LogP) is -4.13. The number of likely N-dealkylation sites (N-methyl/N-ethyl adjacent to an activating group) is 1. The van der Waals surface area contributed by atoms with Gasteiger partial charge in [-0.05, 0) is 33.7 Å². The third-order valence-corrected chi connectivity index (χ3v) is 9.21. The second kappa shape index (κ2) is 17.7. The summed E-state index contributed by atoms with van der Waals surface area (Å²) >= 11 is 1.46. The van der Waals surface area contributed by atoms with Crippen molar-refractivity contribution in [2.45, 2.75) is 63.1 Å². The highest BCUT2D eigenvalue weighted by Crippen LogP contribution is 2.52. The number of aliphatic imine (C=N–C) groups is 1. The Balaban J connectivity index is 0.00000282. The van der Waals surface area contributed by atoms with E-state index < -0.39 is 18.0 Å². The lowest BCUT2D eigenvalue weighted by molar-refractivity contribution is -0.163. The number of hydrogen-bond donors (Lipinski definition) is 6. The number of ether oxygens (including phenoxy) is 1. The Bertz CT molecular complexity index is 1010. The Labute approximate surface area is 255 Å². The van der Waals surface area contributed by atoms with Gasteiger partial charge in [0.15, 0.2) is 5.96 Å². The maximum Gasteiger partial charge on any atom is 0.353 e. The number of aliphatic hydroxyl groups is 2. The number of rotatable bonds is 10. The summed E-state index contributed by atoms with van der Waals surface area (Å²) < 4.78 is 5.32. The minimum absolute atomic E-state index is 0. The van der Waals surface area contributed by atoms with Crippen LogP contribution in [0.15, 0.2) is 15.6 Å². The lowest BCUT2D eigenvalue weighted by Crippen LogP contribution is -2.63. The quantitative estimate of drug-likeness (QED) is 0.0436. The summed E-state index contributed by atoms with van der Waals surface area (Å²) in [4.78, 5) is 47.7. The monoisotopic (exact) mass is 639 g/mol. The van der Waals surface area contributed by atoms with Crippen LogP contribution >= 0.6 is 11.8 Å². The number of amides is 2. The van der Waals surface area contributed by atoms with Gasteiger partial charge < -0.3 is 57.8 Å². The number of β-lactam (4-membered cyclic amide) rings is 1. The molecule has 0 spiro atoms. The summed E-state index contributed by atoms with van der Waals surface area (Å²) in [5.74, 6) is -2.21. The molecule has 0 aliphatic carbocycles. The first-order chi connectivity index (χ1) is 18.9. The number of fused-ring (bicyclic) bond motifs is 1. The number of nitrogens with two attached hydrogens (primary N) is 2. The molecule has 0 aromatic carbocycles. The van der Waals surface area contributed by atoms with Crippen molar-refractivity contribution in [3.05, 3.63) is 10.6 Å². The average molecular weight is 640 g/mol. The summed E-state index contributed by atoms with van der Waals surface area (Å²) in [5, 5.41) is 30.8. The Morgan fingerprint density at radius 3 is 2.42 bits per heavy atom. The fourth-order valence-corrected chi connectivity index (χ4v) is 7.46. The molecule has 7 atom stereocenters. The zero-order chi connectivity index (χ0) is 29.7. The van der Waals surface area contributed by atoms with E-state index in [1.807, 2.05) is 23.8 Å². The highest BCUT2D eigenvalue weighted by atomic mass is 32.2. The number of carbonyl (C=O) groups excluding carboxylic acids is 2. The van der Waals surface area contributed by atoms with E-state index in [0.29, 0.717) is 31.0 Å².